The van der Waals surface area contributed by atoms with Gasteiger partial charge in [0.05, 0.1) is 24.5 Å². The minimum atomic E-state index is -0.929. The fourth-order valence-corrected chi connectivity index (χ4v) is 6.84. The van der Waals surface area contributed by atoms with Crippen molar-refractivity contribution in [3.05, 3.63) is 17.0 Å². The second-order valence-corrected chi connectivity index (χ2v) is 10.8. The van der Waals surface area contributed by atoms with E-state index in [2.05, 4.69) is 9.97 Å². The molecule has 1 aromatic heterocycles. The molecule has 192 valence electrons. The smallest absolute Gasteiger partial charge is 0.218 e. The molecule has 2 spiro atoms. The van der Waals surface area contributed by atoms with Crippen LogP contribution < -0.4 is 4.74 Å². The summed E-state index contributed by atoms with van der Waals surface area (Å²) in [4.78, 5) is 37.9. The number of carbonyl (C=O) groups excluding carboxylic acids is 2. The van der Waals surface area contributed by atoms with Crippen LogP contribution in [0.1, 0.15) is 68.9 Å². The predicted octanol–water partition coefficient (Wildman–Crippen LogP) is 3.79. The number of hydrogen-bond acceptors (Lipinski definition) is 8. The van der Waals surface area contributed by atoms with Crippen LogP contribution in [0.5, 0.6) is 5.88 Å². The van der Waals surface area contributed by atoms with E-state index >= 15 is 0 Å². The number of likely N-dealkylation sites (tertiary alicyclic amines) is 1. The first kappa shape index (κ1) is 25.0. The lowest BCUT2D eigenvalue weighted by atomic mass is 9.57. The normalized spacial score (nSPS) is 33.9. The third kappa shape index (κ3) is 4.38. The zero-order valence-electron chi connectivity index (χ0n) is 20.3. The van der Waals surface area contributed by atoms with E-state index in [0.29, 0.717) is 51.9 Å². The average Bonchev–Trinajstić information content (AvgIpc) is 3.43. The molecule has 10 heteroatoms. The Bertz CT molecular complexity index is 986. The number of carbonyl (C=O) groups is 2. The molecule has 0 radical (unpaired) electrons. The molecule has 1 aromatic rings. The number of fused-ring (bicyclic) bond motifs is 1. The van der Waals surface area contributed by atoms with E-state index in [1.165, 1.54) is 6.07 Å². The minimum absolute atomic E-state index is 0.0586. The molecule has 2 aliphatic heterocycles. The standard InChI is InChI=1S/C25H33ClFN3O5/c1-15(18-12-16(27)14-30(18)2)35-20-13-19(26)28-23(29-20)21(31)17-6-5-8-24(22(17)32)7-3-4-9-25(24)33-10-11-34-25/h13,15-18H,3-12,14H2,1-2H3/t15-,16-,17-,18-,24-/m0/s1. The number of ether oxygens (including phenoxy) is 3. The van der Waals surface area contributed by atoms with E-state index in [9.17, 15) is 14.0 Å². The number of rotatable bonds is 5. The second-order valence-electron chi connectivity index (χ2n) is 10.4. The molecular weight excluding hydrogens is 477 g/mol. The van der Waals surface area contributed by atoms with Crippen LogP contribution >= 0.6 is 11.6 Å². The molecule has 3 heterocycles. The highest BCUT2D eigenvalue weighted by Crippen LogP contribution is 2.56. The maximum absolute atomic E-state index is 13.9. The van der Waals surface area contributed by atoms with E-state index in [-0.39, 0.29) is 34.8 Å². The summed E-state index contributed by atoms with van der Waals surface area (Å²) in [7, 11) is 1.85. The van der Waals surface area contributed by atoms with Gasteiger partial charge in [0.1, 0.15) is 17.4 Å². The first-order valence-electron chi connectivity index (χ1n) is 12.7. The van der Waals surface area contributed by atoms with Crippen molar-refractivity contribution in [2.75, 3.05) is 26.8 Å². The third-order valence-corrected chi connectivity index (χ3v) is 8.53. The molecule has 0 bridgehead atoms. The Kier molecular flexibility index (Phi) is 6.89. The van der Waals surface area contributed by atoms with Gasteiger partial charge in [-0.1, -0.05) is 24.4 Å². The number of nitrogens with zero attached hydrogens (tertiary/aromatic N) is 3. The van der Waals surface area contributed by atoms with Gasteiger partial charge in [0, 0.05) is 25.1 Å². The van der Waals surface area contributed by atoms with Crippen molar-refractivity contribution in [2.24, 2.45) is 11.3 Å². The fourth-order valence-electron chi connectivity index (χ4n) is 6.67. The third-order valence-electron chi connectivity index (χ3n) is 8.33. The second kappa shape index (κ2) is 9.65. The Balaban J connectivity index is 1.37. The van der Waals surface area contributed by atoms with Gasteiger partial charge in [0.2, 0.25) is 17.5 Å². The van der Waals surface area contributed by atoms with E-state index in [4.69, 9.17) is 25.8 Å². The van der Waals surface area contributed by atoms with Crippen LogP contribution in [0.15, 0.2) is 6.07 Å². The first-order chi connectivity index (χ1) is 16.7. The zero-order chi connectivity index (χ0) is 24.8. The van der Waals surface area contributed by atoms with Gasteiger partial charge in [-0.3, -0.25) is 14.5 Å². The molecule has 0 unspecified atom stereocenters. The number of halogens is 2. The lowest BCUT2D eigenvalue weighted by Gasteiger charge is -2.51. The van der Waals surface area contributed by atoms with Gasteiger partial charge in [0.25, 0.3) is 0 Å². The topological polar surface area (TPSA) is 90.8 Å². The van der Waals surface area contributed by atoms with E-state index < -0.39 is 29.1 Å². The Labute approximate surface area is 209 Å². The Hall–Kier alpha value is -1.68. The molecule has 35 heavy (non-hydrogen) atoms. The van der Waals surface area contributed by atoms with Crippen molar-refractivity contribution < 1.29 is 28.2 Å². The van der Waals surface area contributed by atoms with Crippen molar-refractivity contribution in [3.63, 3.8) is 0 Å². The molecule has 2 saturated carbocycles. The van der Waals surface area contributed by atoms with Gasteiger partial charge >= 0.3 is 0 Å². The summed E-state index contributed by atoms with van der Waals surface area (Å²) < 4.78 is 31.9. The van der Waals surface area contributed by atoms with Gasteiger partial charge < -0.3 is 14.2 Å². The number of hydrogen-bond donors (Lipinski definition) is 0. The van der Waals surface area contributed by atoms with Crippen molar-refractivity contribution in [1.82, 2.24) is 14.9 Å². The highest BCUT2D eigenvalue weighted by atomic mass is 35.5. The Morgan fingerprint density at radius 3 is 2.66 bits per heavy atom. The summed E-state index contributed by atoms with van der Waals surface area (Å²) in [5.41, 5.74) is -0.817. The molecule has 5 atom stereocenters. The quantitative estimate of drug-likeness (QED) is 0.336. The molecule has 2 aliphatic carbocycles. The largest absolute Gasteiger partial charge is 0.473 e. The van der Waals surface area contributed by atoms with Crippen LogP contribution in [0.4, 0.5) is 4.39 Å². The number of aromatic nitrogens is 2. The summed E-state index contributed by atoms with van der Waals surface area (Å²) in [5, 5.41) is 0.0586. The first-order valence-corrected chi connectivity index (χ1v) is 13.0. The maximum atomic E-state index is 13.9. The molecule has 0 N–H and O–H groups in total. The molecule has 0 amide bonds. The van der Waals surface area contributed by atoms with Gasteiger partial charge in [-0.25, -0.2) is 9.37 Å². The van der Waals surface area contributed by atoms with Crippen LogP contribution in [0.2, 0.25) is 5.15 Å². The zero-order valence-corrected chi connectivity index (χ0v) is 21.1. The Morgan fingerprint density at radius 2 is 1.94 bits per heavy atom. The van der Waals surface area contributed by atoms with E-state index in [1.54, 1.807) is 0 Å². The van der Waals surface area contributed by atoms with Crippen molar-refractivity contribution in [1.29, 1.82) is 0 Å². The number of likely N-dealkylation sites (N-methyl/N-ethyl adjacent to an activating group) is 1. The SMILES string of the molecule is C[C@H](Oc1cc(Cl)nc(C(=O)[C@@H]2CCC[C@@]3(CCCCC34OCCO4)C2=O)n1)[C@@H]1C[C@H](F)CN1C. The van der Waals surface area contributed by atoms with E-state index in [1.807, 2.05) is 18.9 Å². The summed E-state index contributed by atoms with van der Waals surface area (Å²) in [5.74, 6) is -2.36. The number of alkyl halides is 1. The average molecular weight is 510 g/mol. The van der Waals surface area contributed by atoms with Crippen molar-refractivity contribution >= 4 is 23.2 Å². The lowest BCUT2D eigenvalue weighted by Crippen LogP contribution is -2.60. The molecular formula is C25H33ClFN3O5. The van der Waals surface area contributed by atoms with Crippen LogP contribution in [0.3, 0.4) is 0 Å². The summed E-state index contributed by atoms with van der Waals surface area (Å²) >= 11 is 6.23. The molecule has 5 rings (SSSR count). The molecule has 8 nitrogen and oxygen atoms in total. The molecule has 2 saturated heterocycles. The van der Waals surface area contributed by atoms with Crippen LogP contribution in [-0.2, 0) is 14.3 Å². The maximum Gasteiger partial charge on any atom is 0.218 e. The molecule has 4 aliphatic rings. The van der Waals surface area contributed by atoms with Crippen molar-refractivity contribution in [3.8, 4) is 5.88 Å². The van der Waals surface area contributed by atoms with Crippen LogP contribution in [-0.4, -0.2) is 77.3 Å². The van der Waals surface area contributed by atoms with E-state index in [0.717, 1.165) is 19.3 Å². The van der Waals surface area contributed by atoms with Crippen molar-refractivity contribution in [2.45, 2.75) is 82.4 Å². The van der Waals surface area contributed by atoms with Gasteiger partial charge in [-0.05, 0) is 46.1 Å². The number of ketones is 2. The number of Topliss-reactive ketones (excluding diaryl/α,β-unsaturated/α-hetero) is 2. The predicted molar refractivity (Wildman–Crippen MR) is 125 cm³/mol. The molecule has 4 fully saturated rings. The molecule has 0 aromatic carbocycles. The van der Waals surface area contributed by atoms with Gasteiger partial charge in [-0.15, -0.1) is 0 Å². The van der Waals surface area contributed by atoms with Gasteiger partial charge in [0.15, 0.2) is 11.6 Å². The highest BCUT2D eigenvalue weighted by Gasteiger charge is 2.63. The summed E-state index contributed by atoms with van der Waals surface area (Å²) in [6.45, 7) is 3.12. The Morgan fingerprint density at radius 1 is 1.23 bits per heavy atom. The van der Waals surface area contributed by atoms with Crippen LogP contribution in [0, 0.1) is 11.3 Å². The fraction of sp³-hybridized carbons (Fsp3) is 0.760. The summed E-state index contributed by atoms with van der Waals surface area (Å²) in [6.07, 6.45) is 4.06. The van der Waals surface area contributed by atoms with Gasteiger partial charge in [-0.2, -0.15) is 4.98 Å². The lowest BCUT2D eigenvalue weighted by molar-refractivity contribution is -0.255. The highest BCUT2D eigenvalue weighted by molar-refractivity contribution is 6.29. The summed E-state index contributed by atoms with van der Waals surface area (Å²) in [6, 6.07) is 1.32. The monoisotopic (exact) mass is 509 g/mol. The van der Waals surface area contributed by atoms with Crippen LogP contribution in [0.25, 0.3) is 0 Å². The minimum Gasteiger partial charge on any atom is -0.473 e.